The molecular formula is C20H18N4O3S3. The molecule has 0 fully saturated rings. The maximum atomic E-state index is 13.0. The quantitative estimate of drug-likeness (QED) is 0.354. The number of nitrogens with zero attached hydrogens (tertiary/aromatic N) is 4. The van der Waals surface area contributed by atoms with Gasteiger partial charge in [0.15, 0.2) is 0 Å². The first kappa shape index (κ1) is 20.6. The number of hydrogen-bond donors (Lipinski definition) is 0. The zero-order valence-electron chi connectivity index (χ0n) is 16.0. The Balaban J connectivity index is 1.45. The summed E-state index contributed by atoms with van der Waals surface area (Å²) >= 11 is 2.95. The molecule has 1 aromatic carbocycles. The van der Waals surface area contributed by atoms with Crippen molar-refractivity contribution in [2.24, 2.45) is 0 Å². The van der Waals surface area contributed by atoms with Gasteiger partial charge in [-0.15, -0.1) is 11.3 Å². The number of aromatic nitrogens is 3. The van der Waals surface area contributed by atoms with Crippen LogP contribution in [0.5, 0.6) is 0 Å². The van der Waals surface area contributed by atoms with E-state index in [1.807, 2.05) is 35.7 Å². The lowest BCUT2D eigenvalue weighted by Crippen LogP contribution is -2.30. The molecule has 4 aromatic rings. The van der Waals surface area contributed by atoms with E-state index >= 15 is 0 Å². The lowest BCUT2D eigenvalue weighted by atomic mass is 10.3. The van der Waals surface area contributed by atoms with Crippen LogP contribution in [0, 0.1) is 0 Å². The van der Waals surface area contributed by atoms with Gasteiger partial charge in [0.05, 0.1) is 21.3 Å². The van der Waals surface area contributed by atoms with Gasteiger partial charge in [0, 0.05) is 12.7 Å². The normalized spacial score (nSPS) is 11.5. The van der Waals surface area contributed by atoms with Gasteiger partial charge in [-0.2, -0.15) is 4.98 Å². The first-order valence-electron chi connectivity index (χ1n) is 9.11. The maximum Gasteiger partial charge on any atom is 0.265 e. The van der Waals surface area contributed by atoms with Gasteiger partial charge in [-0.3, -0.25) is 4.31 Å². The summed E-state index contributed by atoms with van der Waals surface area (Å²) < 4.78 is 32.7. The molecule has 0 aliphatic carbocycles. The predicted octanol–water partition coefficient (Wildman–Crippen LogP) is 4.70. The van der Waals surface area contributed by atoms with Crippen molar-refractivity contribution in [2.45, 2.75) is 22.6 Å². The third-order valence-corrected chi connectivity index (χ3v) is 7.86. The van der Waals surface area contributed by atoms with Gasteiger partial charge in [0.1, 0.15) is 4.90 Å². The van der Waals surface area contributed by atoms with Crippen LogP contribution in [0.1, 0.15) is 12.8 Å². The van der Waals surface area contributed by atoms with Crippen molar-refractivity contribution in [1.82, 2.24) is 15.1 Å². The van der Waals surface area contributed by atoms with E-state index in [1.54, 1.807) is 42.5 Å². The van der Waals surface area contributed by atoms with Gasteiger partial charge >= 0.3 is 0 Å². The molecule has 30 heavy (non-hydrogen) atoms. The van der Waals surface area contributed by atoms with Crippen molar-refractivity contribution in [3.8, 4) is 10.7 Å². The predicted molar refractivity (Wildman–Crippen MR) is 118 cm³/mol. The molecule has 0 aliphatic rings. The van der Waals surface area contributed by atoms with Crippen LogP contribution in [0.25, 0.3) is 10.7 Å². The molecule has 0 radical (unpaired) electrons. The zero-order chi connectivity index (χ0) is 21.0. The van der Waals surface area contributed by atoms with E-state index in [0.29, 0.717) is 34.7 Å². The van der Waals surface area contributed by atoms with Crippen molar-refractivity contribution in [1.29, 1.82) is 0 Å². The molecule has 7 nitrogen and oxygen atoms in total. The average Bonchev–Trinajstić information content (AvgIpc) is 3.46. The van der Waals surface area contributed by atoms with E-state index < -0.39 is 10.0 Å². The third kappa shape index (κ3) is 4.40. The monoisotopic (exact) mass is 458 g/mol. The Bertz CT molecular complexity index is 1190. The van der Waals surface area contributed by atoms with Crippen molar-refractivity contribution in [2.75, 3.05) is 10.8 Å². The SMILES string of the molecule is CCN(c1ccccc1)S(=O)(=O)c1ccc(SCc2nc(-c3cccs3)no2)nc1. The van der Waals surface area contributed by atoms with Crippen molar-refractivity contribution in [3.63, 3.8) is 0 Å². The van der Waals surface area contributed by atoms with E-state index in [0.717, 1.165) is 4.88 Å². The number of para-hydroxylation sites is 1. The second-order valence-corrected chi connectivity index (χ2v) is 9.92. The lowest BCUT2D eigenvalue weighted by molar-refractivity contribution is 0.392. The van der Waals surface area contributed by atoms with Gasteiger partial charge in [-0.1, -0.05) is 41.2 Å². The van der Waals surface area contributed by atoms with Crippen LogP contribution in [-0.2, 0) is 15.8 Å². The van der Waals surface area contributed by atoms with Gasteiger partial charge in [-0.05, 0) is 42.6 Å². The number of rotatable bonds is 8. The molecule has 0 amide bonds. The van der Waals surface area contributed by atoms with Crippen LogP contribution < -0.4 is 4.31 Å². The first-order valence-corrected chi connectivity index (χ1v) is 12.4. The molecule has 0 aliphatic heterocycles. The summed E-state index contributed by atoms with van der Waals surface area (Å²) in [6.07, 6.45) is 1.38. The van der Waals surface area contributed by atoms with E-state index in [-0.39, 0.29) is 4.90 Å². The van der Waals surface area contributed by atoms with E-state index in [1.165, 1.54) is 22.3 Å². The molecule has 0 N–H and O–H groups in total. The highest BCUT2D eigenvalue weighted by Crippen LogP contribution is 2.27. The summed E-state index contributed by atoms with van der Waals surface area (Å²) in [6.45, 7) is 2.13. The highest BCUT2D eigenvalue weighted by Gasteiger charge is 2.24. The highest BCUT2D eigenvalue weighted by atomic mass is 32.2. The molecule has 0 spiro atoms. The molecular weight excluding hydrogens is 440 g/mol. The number of benzene rings is 1. The number of thiophene rings is 1. The Kier molecular flexibility index (Phi) is 6.16. The number of thioether (sulfide) groups is 1. The second kappa shape index (κ2) is 8.99. The van der Waals surface area contributed by atoms with Crippen molar-refractivity contribution >= 4 is 38.8 Å². The van der Waals surface area contributed by atoms with Crippen LogP contribution >= 0.6 is 23.1 Å². The second-order valence-electron chi connectivity index (χ2n) is 6.12. The van der Waals surface area contributed by atoms with Gasteiger partial charge in [0.2, 0.25) is 11.7 Å². The minimum absolute atomic E-state index is 0.148. The first-order chi connectivity index (χ1) is 14.6. The molecule has 4 rings (SSSR count). The summed E-state index contributed by atoms with van der Waals surface area (Å²) in [4.78, 5) is 9.76. The Labute approximate surface area is 182 Å². The summed E-state index contributed by atoms with van der Waals surface area (Å²) in [7, 11) is -3.69. The Morgan fingerprint density at radius 1 is 1.10 bits per heavy atom. The molecule has 154 valence electrons. The standard InChI is InChI=1S/C20H18N4O3S3/c1-2-24(15-7-4-3-5-8-15)30(25,26)16-10-11-19(21-13-16)29-14-18-22-20(23-27-18)17-9-6-12-28-17/h3-13H,2,14H2,1H3. The fraction of sp³-hybridized carbons (Fsp3) is 0.150. The Hall–Kier alpha value is -2.69. The molecule has 3 aromatic heterocycles. The highest BCUT2D eigenvalue weighted by molar-refractivity contribution is 7.98. The van der Waals surface area contributed by atoms with E-state index in [9.17, 15) is 8.42 Å². The summed E-state index contributed by atoms with van der Waals surface area (Å²) in [5, 5.41) is 6.61. The fourth-order valence-electron chi connectivity index (χ4n) is 2.77. The molecule has 0 atom stereocenters. The smallest absolute Gasteiger partial charge is 0.265 e. The molecule has 0 bridgehead atoms. The summed E-state index contributed by atoms with van der Waals surface area (Å²) in [5.41, 5.74) is 0.622. The Morgan fingerprint density at radius 2 is 1.93 bits per heavy atom. The largest absolute Gasteiger partial charge is 0.338 e. The van der Waals surface area contributed by atoms with Crippen LogP contribution in [0.3, 0.4) is 0 Å². The molecule has 0 saturated heterocycles. The van der Waals surface area contributed by atoms with E-state index in [4.69, 9.17) is 4.52 Å². The van der Waals surface area contributed by atoms with Crippen LogP contribution in [0.2, 0.25) is 0 Å². The maximum absolute atomic E-state index is 13.0. The minimum atomic E-state index is -3.69. The van der Waals surface area contributed by atoms with Crippen LogP contribution in [0.4, 0.5) is 5.69 Å². The molecule has 0 unspecified atom stereocenters. The van der Waals surface area contributed by atoms with E-state index in [2.05, 4.69) is 15.1 Å². The number of pyridine rings is 1. The summed E-state index contributed by atoms with van der Waals surface area (Å²) in [5.74, 6) is 1.50. The molecule has 0 saturated carbocycles. The van der Waals surface area contributed by atoms with Crippen LogP contribution in [0.15, 0.2) is 80.6 Å². The van der Waals surface area contributed by atoms with Crippen molar-refractivity contribution in [3.05, 3.63) is 72.1 Å². The molecule has 3 heterocycles. The number of sulfonamides is 1. The Morgan fingerprint density at radius 3 is 2.60 bits per heavy atom. The lowest BCUT2D eigenvalue weighted by Gasteiger charge is -2.22. The summed E-state index contributed by atoms with van der Waals surface area (Å²) in [6, 6.07) is 16.1. The van der Waals surface area contributed by atoms with Gasteiger partial charge in [-0.25, -0.2) is 13.4 Å². The number of anilines is 1. The van der Waals surface area contributed by atoms with Gasteiger partial charge < -0.3 is 4.52 Å². The van der Waals surface area contributed by atoms with Crippen molar-refractivity contribution < 1.29 is 12.9 Å². The zero-order valence-corrected chi connectivity index (χ0v) is 18.5. The third-order valence-electron chi connectivity index (χ3n) is 4.18. The topological polar surface area (TPSA) is 89.2 Å². The minimum Gasteiger partial charge on any atom is -0.338 e. The number of hydrogen-bond acceptors (Lipinski definition) is 8. The average molecular weight is 459 g/mol. The molecule has 10 heteroatoms. The fourth-order valence-corrected chi connectivity index (χ4v) is 5.52. The van der Waals surface area contributed by atoms with Gasteiger partial charge in [0.25, 0.3) is 10.0 Å². The van der Waals surface area contributed by atoms with Crippen LogP contribution in [-0.4, -0.2) is 30.1 Å².